The zero-order valence-electron chi connectivity index (χ0n) is 11.7. The van der Waals surface area contributed by atoms with Crippen molar-refractivity contribution in [3.8, 4) is 11.1 Å². The van der Waals surface area contributed by atoms with Crippen LogP contribution in [0.4, 0.5) is 4.39 Å². The lowest BCUT2D eigenvalue weighted by molar-refractivity contribution is 0.239. The number of halogens is 2. The molecule has 0 radical (unpaired) electrons. The molecular formula is C15H13ClFN3O2. The first-order valence-corrected chi connectivity index (χ1v) is 7.06. The van der Waals surface area contributed by atoms with Gasteiger partial charge in [0.05, 0.1) is 23.2 Å². The first-order chi connectivity index (χ1) is 10.5. The maximum Gasteiger partial charge on any atom is 0.328 e. The van der Waals surface area contributed by atoms with Gasteiger partial charge in [-0.15, -0.1) is 0 Å². The van der Waals surface area contributed by atoms with Gasteiger partial charge in [0, 0.05) is 11.8 Å². The maximum absolute atomic E-state index is 13.1. The predicted octanol–water partition coefficient (Wildman–Crippen LogP) is 2.74. The quantitative estimate of drug-likeness (QED) is 0.779. The molecule has 0 saturated heterocycles. The fourth-order valence-corrected chi connectivity index (χ4v) is 2.71. The average molecular weight is 322 g/mol. The van der Waals surface area contributed by atoms with Crippen molar-refractivity contribution in [2.24, 2.45) is 0 Å². The van der Waals surface area contributed by atoms with E-state index in [1.165, 1.54) is 22.9 Å². The summed E-state index contributed by atoms with van der Waals surface area (Å²) >= 11 is 6.26. The number of H-pyrrole nitrogens is 1. The second-order valence-electron chi connectivity index (χ2n) is 5.02. The summed E-state index contributed by atoms with van der Waals surface area (Å²) in [5, 5.41) is 9.73. The average Bonchev–Trinajstić information content (AvgIpc) is 2.84. The van der Waals surface area contributed by atoms with Gasteiger partial charge < -0.3 is 5.11 Å². The van der Waals surface area contributed by atoms with Crippen molar-refractivity contribution in [3.63, 3.8) is 0 Å². The molecule has 22 heavy (non-hydrogen) atoms. The molecule has 0 bridgehead atoms. The SMILES string of the molecule is C[C@H](CO)n1c(=O)[nH]c2ncc(Cl)c(-c3ccc(F)cc3)c21. The molecule has 0 aliphatic heterocycles. The van der Waals surface area contributed by atoms with Crippen LogP contribution in [0.2, 0.25) is 5.02 Å². The number of hydrogen-bond acceptors (Lipinski definition) is 3. The number of hydrogen-bond donors (Lipinski definition) is 2. The lowest BCUT2D eigenvalue weighted by atomic mass is 10.1. The van der Waals surface area contributed by atoms with Crippen LogP contribution in [-0.2, 0) is 0 Å². The first kappa shape index (κ1) is 14.7. The molecule has 2 aromatic heterocycles. The lowest BCUT2D eigenvalue weighted by Gasteiger charge is -2.13. The number of fused-ring (bicyclic) bond motifs is 1. The monoisotopic (exact) mass is 321 g/mol. The zero-order valence-corrected chi connectivity index (χ0v) is 12.4. The number of aromatic amines is 1. The fraction of sp³-hybridized carbons (Fsp3) is 0.200. The summed E-state index contributed by atoms with van der Waals surface area (Å²) in [6.45, 7) is 1.51. The van der Waals surface area contributed by atoms with Crippen molar-refractivity contribution in [3.05, 3.63) is 51.8 Å². The number of rotatable bonds is 3. The normalized spacial score (nSPS) is 12.7. The number of imidazole rings is 1. The number of nitrogens with one attached hydrogen (secondary N) is 1. The van der Waals surface area contributed by atoms with Gasteiger partial charge in [-0.25, -0.2) is 14.2 Å². The molecule has 114 valence electrons. The minimum absolute atomic E-state index is 0.206. The molecule has 7 heteroatoms. The van der Waals surface area contributed by atoms with Crippen molar-refractivity contribution in [2.45, 2.75) is 13.0 Å². The fourth-order valence-electron chi connectivity index (χ4n) is 2.46. The van der Waals surface area contributed by atoms with E-state index in [2.05, 4.69) is 9.97 Å². The molecule has 1 atom stereocenters. The van der Waals surface area contributed by atoms with Crippen molar-refractivity contribution >= 4 is 22.8 Å². The maximum atomic E-state index is 13.1. The van der Waals surface area contributed by atoms with Gasteiger partial charge in [0.1, 0.15) is 5.82 Å². The van der Waals surface area contributed by atoms with E-state index in [0.717, 1.165) is 0 Å². The van der Waals surface area contributed by atoms with E-state index in [4.69, 9.17) is 11.6 Å². The van der Waals surface area contributed by atoms with Crippen molar-refractivity contribution in [1.82, 2.24) is 14.5 Å². The van der Waals surface area contributed by atoms with Crippen LogP contribution in [-0.4, -0.2) is 26.2 Å². The Bertz CT molecular complexity index is 886. The minimum Gasteiger partial charge on any atom is -0.394 e. The Morgan fingerprint density at radius 3 is 2.73 bits per heavy atom. The lowest BCUT2D eigenvalue weighted by Crippen LogP contribution is -2.22. The highest BCUT2D eigenvalue weighted by Gasteiger charge is 2.19. The van der Waals surface area contributed by atoms with Crippen LogP contribution in [0.25, 0.3) is 22.3 Å². The van der Waals surface area contributed by atoms with Crippen LogP contribution >= 0.6 is 11.6 Å². The highest BCUT2D eigenvalue weighted by molar-refractivity contribution is 6.34. The number of nitrogens with zero attached hydrogens (tertiary/aromatic N) is 2. The Balaban J connectivity index is 2.40. The van der Waals surface area contributed by atoms with Gasteiger partial charge in [0.15, 0.2) is 5.65 Å². The molecule has 0 aliphatic carbocycles. The van der Waals surface area contributed by atoms with E-state index in [-0.39, 0.29) is 18.1 Å². The number of aromatic nitrogens is 3. The minimum atomic E-state index is -0.444. The van der Waals surface area contributed by atoms with E-state index in [0.29, 0.717) is 27.3 Å². The molecule has 2 N–H and O–H groups in total. The second-order valence-corrected chi connectivity index (χ2v) is 5.42. The number of aliphatic hydroxyl groups excluding tert-OH is 1. The number of benzene rings is 1. The Morgan fingerprint density at radius 1 is 1.41 bits per heavy atom. The van der Waals surface area contributed by atoms with Gasteiger partial charge in [0.25, 0.3) is 0 Å². The van der Waals surface area contributed by atoms with E-state index in [1.54, 1.807) is 19.1 Å². The zero-order chi connectivity index (χ0) is 15.9. The number of aliphatic hydroxyl groups is 1. The van der Waals surface area contributed by atoms with Gasteiger partial charge in [-0.05, 0) is 24.6 Å². The van der Waals surface area contributed by atoms with Crippen LogP contribution in [0.3, 0.4) is 0 Å². The van der Waals surface area contributed by atoms with Crippen molar-refractivity contribution < 1.29 is 9.50 Å². The Kier molecular flexibility index (Phi) is 3.72. The summed E-state index contributed by atoms with van der Waals surface area (Å²) in [7, 11) is 0. The predicted molar refractivity (Wildman–Crippen MR) is 82.6 cm³/mol. The molecule has 0 spiro atoms. The van der Waals surface area contributed by atoms with Gasteiger partial charge in [-0.3, -0.25) is 9.55 Å². The molecule has 0 unspecified atom stereocenters. The van der Waals surface area contributed by atoms with Crippen molar-refractivity contribution in [2.75, 3.05) is 6.61 Å². The summed E-state index contributed by atoms with van der Waals surface area (Å²) in [6, 6.07) is 5.37. The summed E-state index contributed by atoms with van der Waals surface area (Å²) in [6.07, 6.45) is 1.44. The van der Waals surface area contributed by atoms with Gasteiger partial charge >= 0.3 is 5.69 Å². The van der Waals surface area contributed by atoms with E-state index in [1.807, 2.05) is 0 Å². The molecule has 3 rings (SSSR count). The van der Waals surface area contributed by atoms with E-state index < -0.39 is 6.04 Å². The van der Waals surface area contributed by atoms with E-state index in [9.17, 15) is 14.3 Å². The smallest absolute Gasteiger partial charge is 0.328 e. The molecule has 1 aromatic carbocycles. The molecule has 0 aliphatic rings. The molecule has 0 saturated carbocycles. The highest BCUT2D eigenvalue weighted by atomic mass is 35.5. The standard InChI is InChI=1S/C15H13ClFN3O2/c1-8(7-21)20-13-12(9-2-4-10(17)5-3-9)11(16)6-18-14(13)19-15(20)22/h2-6,8,21H,7H2,1H3,(H,18,19,22)/t8-/m1/s1. The van der Waals surface area contributed by atoms with E-state index >= 15 is 0 Å². The third kappa shape index (κ3) is 2.30. The molecule has 0 fully saturated rings. The third-order valence-electron chi connectivity index (χ3n) is 3.53. The second kappa shape index (κ2) is 5.55. The number of pyridine rings is 1. The van der Waals surface area contributed by atoms with Crippen LogP contribution in [0.5, 0.6) is 0 Å². The molecular weight excluding hydrogens is 309 g/mol. The third-order valence-corrected chi connectivity index (χ3v) is 3.82. The highest BCUT2D eigenvalue weighted by Crippen LogP contribution is 2.34. The van der Waals surface area contributed by atoms with Crippen LogP contribution in [0, 0.1) is 5.82 Å². The largest absolute Gasteiger partial charge is 0.394 e. The molecule has 3 aromatic rings. The first-order valence-electron chi connectivity index (χ1n) is 6.68. The summed E-state index contributed by atoms with van der Waals surface area (Å²) in [4.78, 5) is 18.9. The van der Waals surface area contributed by atoms with Gasteiger partial charge in [-0.1, -0.05) is 23.7 Å². The van der Waals surface area contributed by atoms with Crippen LogP contribution in [0.1, 0.15) is 13.0 Å². The molecule has 0 amide bonds. The summed E-state index contributed by atoms with van der Waals surface area (Å²) in [5.74, 6) is -0.361. The summed E-state index contributed by atoms with van der Waals surface area (Å²) in [5.41, 5.74) is 1.72. The topological polar surface area (TPSA) is 70.9 Å². The summed E-state index contributed by atoms with van der Waals surface area (Å²) < 4.78 is 14.6. The van der Waals surface area contributed by atoms with Crippen molar-refractivity contribution in [1.29, 1.82) is 0 Å². The molecule has 2 heterocycles. The van der Waals surface area contributed by atoms with Crippen LogP contribution < -0.4 is 5.69 Å². The Labute approximate surface area is 130 Å². The van der Waals surface area contributed by atoms with Gasteiger partial charge in [0.2, 0.25) is 0 Å². The molecule has 5 nitrogen and oxygen atoms in total. The van der Waals surface area contributed by atoms with Crippen LogP contribution in [0.15, 0.2) is 35.3 Å². The Morgan fingerprint density at radius 2 is 2.09 bits per heavy atom. The van der Waals surface area contributed by atoms with Gasteiger partial charge in [-0.2, -0.15) is 0 Å². The Hall–Kier alpha value is -2.18.